The summed E-state index contributed by atoms with van der Waals surface area (Å²) in [6.45, 7) is 1.37. The zero-order chi connectivity index (χ0) is 13.5. The number of ketones is 1. The molecule has 0 radical (unpaired) electrons. The number of nitrogens with zero attached hydrogens (tertiary/aromatic N) is 1. The van der Waals surface area contributed by atoms with E-state index in [1.807, 2.05) is 0 Å². The molecule has 1 amide bonds. The maximum Gasteiger partial charge on any atom is 0.326 e. The minimum atomic E-state index is -1.17. The Balaban J connectivity index is 2.64. The lowest BCUT2D eigenvalue weighted by molar-refractivity contribution is -0.139. The summed E-state index contributed by atoms with van der Waals surface area (Å²) in [5, 5.41) is 11.3. The molecule has 0 aromatic carbocycles. The van der Waals surface area contributed by atoms with Crippen LogP contribution in [-0.2, 0) is 9.59 Å². The van der Waals surface area contributed by atoms with Gasteiger partial charge in [-0.3, -0.25) is 9.78 Å². The summed E-state index contributed by atoms with van der Waals surface area (Å²) in [6.07, 6.45) is 1.63. The van der Waals surface area contributed by atoms with E-state index in [4.69, 9.17) is 5.11 Å². The van der Waals surface area contributed by atoms with Gasteiger partial charge >= 0.3 is 5.97 Å². The monoisotopic (exact) mass is 250 g/mol. The highest BCUT2D eigenvalue weighted by Crippen LogP contribution is 2.01. The molecule has 0 fully saturated rings. The topological polar surface area (TPSA) is 96.4 Å². The molecule has 0 saturated heterocycles. The molecule has 1 aromatic rings. The quantitative estimate of drug-likeness (QED) is 0.772. The van der Waals surface area contributed by atoms with Gasteiger partial charge in [-0.1, -0.05) is 6.07 Å². The van der Waals surface area contributed by atoms with Crippen LogP contribution in [0.4, 0.5) is 0 Å². The van der Waals surface area contributed by atoms with E-state index in [1.54, 1.807) is 12.1 Å². The molecular weight excluding hydrogens is 236 g/mol. The van der Waals surface area contributed by atoms with E-state index < -0.39 is 17.9 Å². The fourth-order valence-corrected chi connectivity index (χ4v) is 1.33. The molecule has 2 N–H and O–H groups in total. The second kappa shape index (κ2) is 6.48. The second-order valence-corrected chi connectivity index (χ2v) is 3.82. The molecule has 6 nitrogen and oxygen atoms in total. The normalized spacial score (nSPS) is 11.6. The first kappa shape index (κ1) is 13.8. The summed E-state index contributed by atoms with van der Waals surface area (Å²) in [5.41, 5.74) is 0.145. The summed E-state index contributed by atoms with van der Waals surface area (Å²) in [6, 6.07) is 3.69. The van der Waals surface area contributed by atoms with E-state index in [-0.39, 0.29) is 24.3 Å². The van der Waals surface area contributed by atoms with Crippen molar-refractivity contribution in [1.29, 1.82) is 0 Å². The Morgan fingerprint density at radius 3 is 2.61 bits per heavy atom. The average molecular weight is 250 g/mol. The van der Waals surface area contributed by atoms with Crippen molar-refractivity contribution in [3.63, 3.8) is 0 Å². The number of aliphatic carboxylic acids is 1. The fourth-order valence-electron chi connectivity index (χ4n) is 1.33. The summed E-state index contributed by atoms with van der Waals surface area (Å²) in [5.74, 6) is -1.85. The number of rotatable bonds is 6. The van der Waals surface area contributed by atoms with Crippen molar-refractivity contribution in [3.8, 4) is 0 Å². The molecule has 0 spiro atoms. The number of carboxylic acid groups (broad SMARTS) is 1. The third kappa shape index (κ3) is 4.32. The maximum atomic E-state index is 11.7. The lowest BCUT2D eigenvalue weighted by Crippen LogP contribution is -2.41. The molecule has 0 aliphatic carbocycles. The van der Waals surface area contributed by atoms with Crippen molar-refractivity contribution >= 4 is 17.7 Å². The van der Waals surface area contributed by atoms with Gasteiger partial charge in [0.15, 0.2) is 0 Å². The fraction of sp³-hybridized carbons (Fsp3) is 0.333. The Labute approximate surface area is 104 Å². The van der Waals surface area contributed by atoms with Crippen LogP contribution in [0.15, 0.2) is 24.4 Å². The van der Waals surface area contributed by atoms with Crippen molar-refractivity contribution in [2.75, 3.05) is 0 Å². The van der Waals surface area contributed by atoms with Crippen LogP contribution >= 0.6 is 0 Å². The molecule has 0 aliphatic rings. The Kier molecular flexibility index (Phi) is 4.98. The summed E-state index contributed by atoms with van der Waals surface area (Å²) in [7, 11) is 0. The van der Waals surface area contributed by atoms with Gasteiger partial charge in [-0.2, -0.15) is 0 Å². The molecule has 0 bridgehead atoms. The predicted molar refractivity (Wildman–Crippen MR) is 63.0 cm³/mol. The van der Waals surface area contributed by atoms with Crippen LogP contribution in [0, 0.1) is 0 Å². The van der Waals surface area contributed by atoms with Gasteiger partial charge in [-0.05, 0) is 25.5 Å². The Hall–Kier alpha value is -2.24. The highest BCUT2D eigenvalue weighted by atomic mass is 16.4. The molecule has 1 rings (SSSR count). The van der Waals surface area contributed by atoms with Gasteiger partial charge in [0.25, 0.3) is 5.91 Å². The van der Waals surface area contributed by atoms with Crippen molar-refractivity contribution in [1.82, 2.24) is 10.3 Å². The van der Waals surface area contributed by atoms with Crippen molar-refractivity contribution in [2.24, 2.45) is 0 Å². The minimum Gasteiger partial charge on any atom is -0.480 e. The standard InChI is InChI=1S/C12H14N2O4/c1-8(15)5-6-10(12(17)18)14-11(16)9-4-2-3-7-13-9/h2-4,7,10H,5-6H2,1H3,(H,14,16)(H,17,18)/t10-/m0/s1. The summed E-state index contributed by atoms with van der Waals surface area (Å²) >= 11 is 0. The largest absolute Gasteiger partial charge is 0.480 e. The van der Waals surface area contributed by atoms with Crippen molar-refractivity contribution in [2.45, 2.75) is 25.8 Å². The number of amides is 1. The Bertz CT molecular complexity index is 445. The lowest BCUT2D eigenvalue weighted by Gasteiger charge is -2.13. The molecule has 1 aromatic heterocycles. The number of carbonyl (C=O) groups excluding carboxylic acids is 2. The van der Waals surface area contributed by atoms with Crippen LogP contribution < -0.4 is 5.32 Å². The minimum absolute atomic E-state index is 0.0727. The van der Waals surface area contributed by atoms with E-state index in [9.17, 15) is 14.4 Å². The molecule has 1 heterocycles. The van der Waals surface area contributed by atoms with Crippen LogP contribution in [0.2, 0.25) is 0 Å². The van der Waals surface area contributed by atoms with Gasteiger partial charge in [0.05, 0.1) is 0 Å². The van der Waals surface area contributed by atoms with Crippen LogP contribution in [0.25, 0.3) is 0 Å². The molecule has 6 heteroatoms. The van der Waals surface area contributed by atoms with Crippen molar-refractivity contribution < 1.29 is 19.5 Å². The van der Waals surface area contributed by atoms with Gasteiger partial charge < -0.3 is 15.2 Å². The Morgan fingerprint density at radius 1 is 1.39 bits per heavy atom. The first-order valence-electron chi connectivity index (χ1n) is 5.45. The molecule has 0 unspecified atom stereocenters. The van der Waals surface area contributed by atoms with Gasteiger partial charge in [0.1, 0.15) is 17.5 Å². The van der Waals surface area contributed by atoms with Crippen LogP contribution in [0.1, 0.15) is 30.3 Å². The number of hydrogen-bond donors (Lipinski definition) is 2. The smallest absolute Gasteiger partial charge is 0.326 e. The zero-order valence-electron chi connectivity index (χ0n) is 9.92. The first-order chi connectivity index (χ1) is 8.50. The highest BCUT2D eigenvalue weighted by Gasteiger charge is 2.21. The highest BCUT2D eigenvalue weighted by molar-refractivity contribution is 5.95. The molecule has 0 aliphatic heterocycles. The third-order valence-corrected chi connectivity index (χ3v) is 2.29. The molecular formula is C12H14N2O4. The number of Topliss-reactive ketones (excluding diaryl/α,β-unsaturated/α-hetero) is 1. The van der Waals surface area contributed by atoms with Gasteiger partial charge in [-0.25, -0.2) is 4.79 Å². The summed E-state index contributed by atoms with van der Waals surface area (Å²) in [4.78, 5) is 37.2. The molecule has 0 saturated carbocycles. The molecule has 96 valence electrons. The number of aromatic nitrogens is 1. The van der Waals surface area contributed by atoms with E-state index in [2.05, 4.69) is 10.3 Å². The van der Waals surface area contributed by atoms with E-state index in [1.165, 1.54) is 19.2 Å². The Morgan fingerprint density at radius 2 is 2.11 bits per heavy atom. The molecule has 1 atom stereocenters. The first-order valence-corrected chi connectivity index (χ1v) is 5.45. The van der Waals surface area contributed by atoms with E-state index >= 15 is 0 Å². The number of nitrogens with one attached hydrogen (secondary N) is 1. The van der Waals surface area contributed by atoms with Crippen LogP contribution in [-0.4, -0.2) is 33.8 Å². The molecule has 18 heavy (non-hydrogen) atoms. The van der Waals surface area contributed by atoms with Crippen LogP contribution in [0.3, 0.4) is 0 Å². The van der Waals surface area contributed by atoms with E-state index in [0.29, 0.717) is 0 Å². The number of carboxylic acids is 1. The number of hydrogen-bond acceptors (Lipinski definition) is 4. The van der Waals surface area contributed by atoms with Crippen molar-refractivity contribution in [3.05, 3.63) is 30.1 Å². The number of carbonyl (C=O) groups is 3. The second-order valence-electron chi connectivity index (χ2n) is 3.82. The average Bonchev–Trinajstić information content (AvgIpc) is 2.34. The number of pyridine rings is 1. The van der Waals surface area contributed by atoms with Gasteiger partial charge in [0.2, 0.25) is 0 Å². The predicted octanol–water partition coefficient (Wildman–Crippen LogP) is 0.634. The van der Waals surface area contributed by atoms with Gasteiger partial charge in [0, 0.05) is 12.6 Å². The lowest BCUT2D eigenvalue weighted by atomic mass is 10.1. The SMILES string of the molecule is CC(=O)CC[C@H](NC(=O)c1ccccn1)C(=O)O. The zero-order valence-corrected chi connectivity index (χ0v) is 9.92. The maximum absolute atomic E-state index is 11.7. The van der Waals surface area contributed by atoms with Gasteiger partial charge in [-0.15, -0.1) is 0 Å². The summed E-state index contributed by atoms with van der Waals surface area (Å²) < 4.78 is 0. The van der Waals surface area contributed by atoms with E-state index in [0.717, 1.165) is 0 Å². The third-order valence-electron chi connectivity index (χ3n) is 2.29. The van der Waals surface area contributed by atoms with Crippen LogP contribution in [0.5, 0.6) is 0 Å².